The highest BCUT2D eigenvalue weighted by molar-refractivity contribution is 7.75. The van der Waals surface area contributed by atoms with Crippen LogP contribution in [0.2, 0.25) is 0 Å². The molecule has 1 heterocycles. The van der Waals surface area contributed by atoms with Crippen LogP contribution in [-0.2, 0) is 4.57 Å². The van der Waals surface area contributed by atoms with Gasteiger partial charge in [0, 0.05) is 16.2 Å². The lowest BCUT2D eigenvalue weighted by molar-refractivity contribution is 0.500. The second-order valence-corrected chi connectivity index (χ2v) is 14.8. The van der Waals surface area contributed by atoms with E-state index in [0.29, 0.717) is 27.9 Å². The summed E-state index contributed by atoms with van der Waals surface area (Å²) in [6, 6.07) is 41.3. The molecule has 0 N–H and O–H groups in total. The van der Waals surface area contributed by atoms with Crippen LogP contribution in [0.25, 0.3) is 11.1 Å². The Balaban J connectivity index is 1.46. The minimum atomic E-state index is -3.60. The van der Waals surface area contributed by atoms with Gasteiger partial charge in [0.2, 0.25) is 0 Å². The third-order valence-corrected chi connectivity index (χ3v) is 12.1. The van der Waals surface area contributed by atoms with Crippen LogP contribution >= 0.6 is 23.7 Å². The molecular weight excluding hydrogens is 541 g/mol. The minimum absolute atomic E-state index is 0.503. The number of hydrogen-bond donors (Lipinski definition) is 0. The first kappa shape index (κ1) is 25.8. The van der Waals surface area contributed by atoms with Gasteiger partial charge in [-0.15, -0.1) is 0 Å². The summed E-state index contributed by atoms with van der Waals surface area (Å²) < 4.78 is 34.5. The van der Waals surface area contributed by atoms with Gasteiger partial charge < -0.3 is 13.6 Å². The van der Waals surface area contributed by atoms with Gasteiger partial charge in [0.25, 0.3) is 0 Å². The standard InChI is InChI=1S/C32H27O4P3/c1-37(25-13-5-3-6-14-25)34-24-21-22-30(35-38(2)26-15-7-4-8-16-26)32(23-24)39(33)31-20-12-10-18-28(31)27-17-9-11-19-29(27)36-39/h3-23H,1-2H3. The molecule has 0 aromatic heterocycles. The molecule has 0 aliphatic carbocycles. The van der Waals surface area contributed by atoms with Gasteiger partial charge in [-0.1, -0.05) is 97.1 Å². The fourth-order valence-corrected chi connectivity index (χ4v) is 9.39. The normalized spacial score (nSPS) is 17.2. The molecule has 7 heteroatoms. The molecule has 4 nitrogen and oxygen atoms in total. The van der Waals surface area contributed by atoms with E-state index in [-0.39, 0.29) is 0 Å². The van der Waals surface area contributed by atoms with Crippen LogP contribution in [-0.4, -0.2) is 13.3 Å². The van der Waals surface area contributed by atoms with Crippen molar-refractivity contribution in [3.8, 4) is 28.4 Å². The number of para-hydroxylation sites is 1. The molecule has 0 saturated carbocycles. The predicted octanol–water partition coefficient (Wildman–Crippen LogP) is 7.44. The van der Waals surface area contributed by atoms with E-state index in [4.69, 9.17) is 13.6 Å². The molecule has 39 heavy (non-hydrogen) atoms. The van der Waals surface area contributed by atoms with Crippen molar-refractivity contribution in [1.82, 2.24) is 0 Å². The third-order valence-electron chi connectivity index (χ3n) is 6.59. The second kappa shape index (κ2) is 11.0. The summed E-state index contributed by atoms with van der Waals surface area (Å²) in [5.74, 6) is 1.77. The molecule has 0 saturated heterocycles. The van der Waals surface area contributed by atoms with Gasteiger partial charge in [0.05, 0.1) is 10.6 Å². The van der Waals surface area contributed by atoms with Gasteiger partial charge in [0.1, 0.15) is 33.5 Å². The average Bonchev–Trinajstić information content (AvgIpc) is 2.99. The van der Waals surface area contributed by atoms with Crippen LogP contribution in [0.1, 0.15) is 0 Å². The maximum atomic E-state index is 15.1. The van der Waals surface area contributed by atoms with E-state index in [2.05, 4.69) is 37.6 Å². The largest absolute Gasteiger partial charge is 0.470 e. The van der Waals surface area contributed by atoms with Gasteiger partial charge in [-0.05, 0) is 49.2 Å². The molecule has 6 rings (SSSR count). The van der Waals surface area contributed by atoms with Crippen molar-refractivity contribution in [3.63, 3.8) is 0 Å². The number of hydrogen-bond acceptors (Lipinski definition) is 4. The zero-order chi connectivity index (χ0) is 26.8. The molecular formula is C32H27O4P3. The van der Waals surface area contributed by atoms with Crippen LogP contribution in [0, 0.1) is 0 Å². The van der Waals surface area contributed by atoms with Crippen LogP contribution in [0.5, 0.6) is 17.2 Å². The molecule has 1 aliphatic heterocycles. The van der Waals surface area contributed by atoms with Gasteiger partial charge in [-0.25, -0.2) is 0 Å². The van der Waals surface area contributed by atoms with E-state index in [9.17, 15) is 0 Å². The van der Waals surface area contributed by atoms with Crippen molar-refractivity contribution < 1.29 is 18.1 Å². The summed E-state index contributed by atoms with van der Waals surface area (Å²) >= 11 is 0. The zero-order valence-corrected chi connectivity index (χ0v) is 24.3. The first-order valence-corrected chi connectivity index (χ1v) is 17.6. The molecule has 5 aromatic rings. The van der Waals surface area contributed by atoms with Crippen molar-refractivity contribution in [2.75, 3.05) is 13.3 Å². The smallest absolute Gasteiger partial charge is 0.311 e. The Bertz CT molecular complexity index is 1660. The Hall–Kier alpha value is -3.41. The average molecular weight is 568 g/mol. The lowest BCUT2D eigenvalue weighted by Gasteiger charge is -2.30. The molecule has 1 aliphatic rings. The van der Waals surface area contributed by atoms with Crippen molar-refractivity contribution >= 4 is 44.9 Å². The Morgan fingerprint density at radius 3 is 1.85 bits per heavy atom. The summed E-state index contributed by atoms with van der Waals surface area (Å²) in [4.78, 5) is 0. The van der Waals surface area contributed by atoms with Gasteiger partial charge in [-0.3, -0.25) is 4.57 Å². The summed E-state index contributed by atoms with van der Waals surface area (Å²) in [5, 5.41) is 3.38. The SMILES string of the molecule is CP(Oc1ccc(OP(C)c2ccccc2)c(P2(=O)Oc3ccccc3-c3ccccc32)c1)c1ccccc1. The highest BCUT2D eigenvalue weighted by Crippen LogP contribution is 2.56. The first-order chi connectivity index (χ1) is 19.0. The Kier molecular flexibility index (Phi) is 7.28. The van der Waals surface area contributed by atoms with E-state index in [0.717, 1.165) is 21.7 Å². The summed E-state index contributed by atoms with van der Waals surface area (Å²) in [6.45, 7) is 4.13. The Morgan fingerprint density at radius 2 is 1.15 bits per heavy atom. The van der Waals surface area contributed by atoms with Crippen LogP contribution in [0.15, 0.2) is 127 Å². The van der Waals surface area contributed by atoms with Crippen molar-refractivity contribution in [3.05, 3.63) is 127 Å². The van der Waals surface area contributed by atoms with Gasteiger partial charge >= 0.3 is 7.37 Å². The zero-order valence-electron chi connectivity index (χ0n) is 21.6. The van der Waals surface area contributed by atoms with Gasteiger partial charge in [-0.2, -0.15) is 0 Å². The summed E-state index contributed by atoms with van der Waals surface area (Å²) in [6.07, 6.45) is 0. The maximum absolute atomic E-state index is 15.1. The first-order valence-electron chi connectivity index (χ1n) is 12.6. The van der Waals surface area contributed by atoms with E-state index < -0.39 is 23.7 Å². The van der Waals surface area contributed by atoms with Crippen LogP contribution < -0.4 is 34.8 Å². The van der Waals surface area contributed by atoms with Crippen molar-refractivity contribution in [1.29, 1.82) is 0 Å². The highest BCUT2D eigenvalue weighted by atomic mass is 31.2. The Labute approximate surface area is 231 Å². The van der Waals surface area contributed by atoms with Crippen molar-refractivity contribution in [2.45, 2.75) is 0 Å². The van der Waals surface area contributed by atoms with Crippen LogP contribution in [0.4, 0.5) is 0 Å². The molecule has 5 aromatic carbocycles. The highest BCUT2D eigenvalue weighted by Gasteiger charge is 2.40. The molecule has 0 amide bonds. The quantitative estimate of drug-likeness (QED) is 0.192. The molecule has 0 bridgehead atoms. The monoisotopic (exact) mass is 568 g/mol. The summed E-state index contributed by atoms with van der Waals surface area (Å²) in [5.41, 5.74) is 1.83. The lowest BCUT2D eigenvalue weighted by Crippen LogP contribution is -2.26. The molecule has 0 fully saturated rings. The second-order valence-electron chi connectivity index (χ2n) is 9.13. The molecule has 0 radical (unpaired) electrons. The Morgan fingerprint density at radius 1 is 0.590 bits per heavy atom. The lowest BCUT2D eigenvalue weighted by atomic mass is 10.0. The third kappa shape index (κ3) is 5.13. The van der Waals surface area contributed by atoms with E-state index in [1.807, 2.05) is 103 Å². The fourth-order valence-electron chi connectivity index (χ4n) is 4.64. The molecule has 0 spiro atoms. The minimum Gasteiger partial charge on any atom is -0.470 e. The van der Waals surface area contributed by atoms with Crippen molar-refractivity contribution in [2.24, 2.45) is 0 Å². The molecule has 194 valence electrons. The predicted molar refractivity (Wildman–Crippen MR) is 165 cm³/mol. The van der Waals surface area contributed by atoms with E-state index in [1.165, 1.54) is 0 Å². The number of fused-ring (bicyclic) bond motifs is 3. The maximum Gasteiger partial charge on any atom is 0.311 e. The topological polar surface area (TPSA) is 44.8 Å². The number of rotatable bonds is 7. The van der Waals surface area contributed by atoms with E-state index >= 15 is 4.57 Å². The molecule has 3 atom stereocenters. The van der Waals surface area contributed by atoms with Crippen LogP contribution in [0.3, 0.4) is 0 Å². The number of benzene rings is 5. The van der Waals surface area contributed by atoms with E-state index in [1.54, 1.807) is 0 Å². The van der Waals surface area contributed by atoms with Gasteiger partial charge in [0.15, 0.2) is 0 Å². The fraction of sp³-hybridized carbons (Fsp3) is 0.0625. The summed E-state index contributed by atoms with van der Waals surface area (Å²) in [7, 11) is -5.53. The molecule has 3 unspecified atom stereocenters.